The summed E-state index contributed by atoms with van der Waals surface area (Å²) < 4.78 is 19.2. The number of alkyl carbamates (subject to hydrolysis) is 1. The minimum Gasteiger partial charge on any atom is -0.449 e. The lowest BCUT2D eigenvalue weighted by Gasteiger charge is -2.14. The summed E-state index contributed by atoms with van der Waals surface area (Å²) in [6.45, 7) is 0.679. The van der Waals surface area contributed by atoms with E-state index in [0.717, 1.165) is 0 Å². The normalized spacial score (nSPS) is 12.6. The van der Waals surface area contributed by atoms with Crippen LogP contribution in [0.4, 0.5) is 9.18 Å². The van der Waals surface area contributed by atoms with Crippen LogP contribution in [0.1, 0.15) is 29.0 Å². The van der Waals surface area contributed by atoms with Crippen molar-refractivity contribution in [3.05, 3.63) is 100 Å². The molecule has 1 amide bonds. The second-order valence-electron chi connectivity index (χ2n) is 7.11. The third-order valence-corrected chi connectivity index (χ3v) is 5.41. The van der Waals surface area contributed by atoms with Crippen LogP contribution in [0.25, 0.3) is 17.2 Å². The monoisotopic (exact) mass is 421 g/mol. The van der Waals surface area contributed by atoms with Crippen LogP contribution in [0.5, 0.6) is 0 Å². The van der Waals surface area contributed by atoms with Crippen molar-refractivity contribution < 1.29 is 13.9 Å². The van der Waals surface area contributed by atoms with Crippen molar-refractivity contribution in [3.63, 3.8) is 0 Å². The van der Waals surface area contributed by atoms with Crippen molar-refractivity contribution in [1.82, 2.24) is 5.32 Å². The highest BCUT2D eigenvalue weighted by molar-refractivity contribution is 6.30. The Morgan fingerprint density at radius 1 is 1.03 bits per heavy atom. The van der Waals surface area contributed by atoms with Gasteiger partial charge in [-0.3, -0.25) is 0 Å². The van der Waals surface area contributed by atoms with Gasteiger partial charge in [-0.05, 0) is 46.9 Å². The molecule has 0 aromatic heterocycles. The molecule has 0 spiro atoms. The third kappa shape index (κ3) is 4.39. The first-order valence-corrected chi connectivity index (χ1v) is 10.2. The second kappa shape index (κ2) is 9.14. The van der Waals surface area contributed by atoms with Crippen LogP contribution in [0.3, 0.4) is 0 Å². The third-order valence-electron chi connectivity index (χ3n) is 5.18. The van der Waals surface area contributed by atoms with E-state index in [1.165, 1.54) is 34.4 Å². The van der Waals surface area contributed by atoms with Crippen molar-refractivity contribution in [2.45, 2.75) is 12.3 Å². The van der Waals surface area contributed by atoms with E-state index >= 15 is 0 Å². The molecule has 0 bridgehead atoms. The summed E-state index contributed by atoms with van der Waals surface area (Å²) in [5.41, 5.74) is 5.17. The fourth-order valence-electron chi connectivity index (χ4n) is 3.76. The van der Waals surface area contributed by atoms with Crippen LogP contribution in [0.2, 0.25) is 5.02 Å². The summed E-state index contributed by atoms with van der Waals surface area (Å²) >= 11 is 5.88. The first-order valence-electron chi connectivity index (χ1n) is 9.84. The first-order chi connectivity index (χ1) is 14.6. The maximum atomic E-state index is 13.7. The standard InChI is InChI=1S/C25H21ClFNO2/c26-18-12-13-24(27)17(15-18)7-5-6-14-28-25(29)30-16-23-21-10-3-1-8-19(21)20-9-2-4-11-22(20)23/h1-5,7-13,15,23H,6,14,16H2,(H,28,29). The Bertz CT molecular complexity index is 1050. The molecule has 3 aromatic carbocycles. The summed E-state index contributed by atoms with van der Waals surface area (Å²) in [5, 5.41) is 3.21. The van der Waals surface area contributed by atoms with Crippen LogP contribution in [0.15, 0.2) is 72.8 Å². The minimum absolute atomic E-state index is 0.0360. The largest absolute Gasteiger partial charge is 0.449 e. The molecular formula is C25H21ClFNO2. The van der Waals surface area contributed by atoms with E-state index in [0.29, 0.717) is 23.6 Å². The zero-order valence-electron chi connectivity index (χ0n) is 16.3. The van der Waals surface area contributed by atoms with Gasteiger partial charge < -0.3 is 10.1 Å². The van der Waals surface area contributed by atoms with Crippen molar-refractivity contribution >= 4 is 23.8 Å². The van der Waals surface area contributed by atoms with Crippen LogP contribution >= 0.6 is 11.6 Å². The number of rotatable bonds is 6. The predicted molar refractivity (Wildman–Crippen MR) is 118 cm³/mol. The Hall–Kier alpha value is -3.11. The number of amides is 1. The van der Waals surface area contributed by atoms with E-state index in [1.807, 2.05) is 24.3 Å². The van der Waals surface area contributed by atoms with E-state index in [-0.39, 0.29) is 18.3 Å². The van der Waals surface area contributed by atoms with Gasteiger partial charge in [0, 0.05) is 23.0 Å². The lowest BCUT2D eigenvalue weighted by molar-refractivity contribution is 0.143. The molecule has 0 aliphatic heterocycles. The van der Waals surface area contributed by atoms with Crippen LogP contribution in [0, 0.1) is 5.82 Å². The highest BCUT2D eigenvalue weighted by Gasteiger charge is 2.28. The number of ether oxygens (including phenoxy) is 1. The van der Waals surface area contributed by atoms with Gasteiger partial charge in [-0.25, -0.2) is 9.18 Å². The number of halogens is 2. The van der Waals surface area contributed by atoms with E-state index < -0.39 is 6.09 Å². The molecule has 1 aliphatic carbocycles. The van der Waals surface area contributed by atoms with Crippen molar-refractivity contribution in [1.29, 1.82) is 0 Å². The van der Waals surface area contributed by atoms with E-state index in [1.54, 1.807) is 18.2 Å². The van der Waals surface area contributed by atoms with Gasteiger partial charge in [0.15, 0.2) is 0 Å². The quantitative estimate of drug-likeness (QED) is 0.466. The summed E-state index contributed by atoms with van der Waals surface area (Å²) in [6.07, 6.45) is 3.54. The SMILES string of the molecule is O=C(NCCC=Cc1cc(Cl)ccc1F)OCC1c2ccccc2-c2ccccc21. The Morgan fingerprint density at radius 3 is 2.40 bits per heavy atom. The average molecular weight is 422 g/mol. The summed E-state index contributed by atoms with van der Waals surface area (Å²) in [7, 11) is 0. The number of nitrogens with one attached hydrogen (secondary N) is 1. The van der Waals surface area contributed by atoms with E-state index in [9.17, 15) is 9.18 Å². The van der Waals surface area contributed by atoms with Gasteiger partial charge in [0.1, 0.15) is 12.4 Å². The highest BCUT2D eigenvalue weighted by Crippen LogP contribution is 2.44. The van der Waals surface area contributed by atoms with Gasteiger partial charge in [-0.1, -0.05) is 72.3 Å². The van der Waals surface area contributed by atoms with Crippen LogP contribution in [-0.4, -0.2) is 19.2 Å². The number of fused-ring (bicyclic) bond motifs is 3. The van der Waals surface area contributed by atoms with Gasteiger partial charge in [0.25, 0.3) is 0 Å². The number of benzene rings is 3. The fourth-order valence-corrected chi connectivity index (χ4v) is 3.94. The molecule has 0 saturated carbocycles. The van der Waals surface area contributed by atoms with Crippen LogP contribution in [-0.2, 0) is 4.74 Å². The van der Waals surface area contributed by atoms with Crippen molar-refractivity contribution in [3.8, 4) is 11.1 Å². The Balaban J connectivity index is 1.28. The molecule has 4 rings (SSSR count). The van der Waals surface area contributed by atoms with E-state index in [4.69, 9.17) is 16.3 Å². The molecule has 0 heterocycles. The smallest absolute Gasteiger partial charge is 0.407 e. The van der Waals surface area contributed by atoms with Crippen molar-refractivity contribution in [2.24, 2.45) is 0 Å². The highest BCUT2D eigenvalue weighted by atomic mass is 35.5. The molecule has 0 saturated heterocycles. The Labute approximate surface area is 180 Å². The molecule has 0 radical (unpaired) electrons. The second-order valence-corrected chi connectivity index (χ2v) is 7.55. The molecule has 3 nitrogen and oxygen atoms in total. The van der Waals surface area contributed by atoms with Gasteiger partial charge in [0.05, 0.1) is 0 Å². The fraction of sp³-hybridized carbons (Fsp3) is 0.160. The molecule has 5 heteroatoms. The molecule has 30 heavy (non-hydrogen) atoms. The summed E-state index contributed by atoms with van der Waals surface area (Å²) in [4.78, 5) is 12.1. The lowest BCUT2D eigenvalue weighted by Crippen LogP contribution is -2.26. The predicted octanol–water partition coefficient (Wildman–Crippen LogP) is 6.42. The first kappa shape index (κ1) is 20.2. The Morgan fingerprint density at radius 2 is 1.70 bits per heavy atom. The molecule has 1 N–H and O–H groups in total. The molecule has 0 atom stereocenters. The number of carbonyl (C=O) groups excluding carboxylic acids is 1. The Kier molecular flexibility index (Phi) is 6.15. The molecular weight excluding hydrogens is 401 g/mol. The maximum Gasteiger partial charge on any atom is 0.407 e. The number of carbonyl (C=O) groups is 1. The zero-order chi connectivity index (χ0) is 20.9. The number of hydrogen-bond donors (Lipinski definition) is 1. The molecule has 0 fully saturated rings. The molecule has 3 aromatic rings. The van der Waals surface area contributed by atoms with Crippen LogP contribution < -0.4 is 5.32 Å². The van der Waals surface area contributed by atoms with E-state index in [2.05, 4.69) is 29.6 Å². The topological polar surface area (TPSA) is 38.3 Å². The molecule has 0 unspecified atom stereocenters. The van der Waals surface area contributed by atoms with Gasteiger partial charge in [-0.2, -0.15) is 0 Å². The van der Waals surface area contributed by atoms with Crippen molar-refractivity contribution in [2.75, 3.05) is 13.2 Å². The van der Waals surface area contributed by atoms with Gasteiger partial charge in [-0.15, -0.1) is 0 Å². The number of hydrogen-bond acceptors (Lipinski definition) is 2. The zero-order valence-corrected chi connectivity index (χ0v) is 17.0. The lowest BCUT2D eigenvalue weighted by atomic mass is 9.98. The average Bonchev–Trinajstić information content (AvgIpc) is 3.08. The minimum atomic E-state index is -0.459. The maximum absolute atomic E-state index is 13.7. The molecule has 1 aliphatic rings. The van der Waals surface area contributed by atoms with Gasteiger partial charge >= 0.3 is 6.09 Å². The summed E-state index contributed by atoms with van der Waals surface area (Å²) in [5.74, 6) is -0.297. The summed E-state index contributed by atoms with van der Waals surface area (Å²) in [6, 6.07) is 20.8. The molecule has 152 valence electrons. The van der Waals surface area contributed by atoms with Gasteiger partial charge in [0.2, 0.25) is 0 Å².